The Morgan fingerprint density at radius 1 is 0.950 bits per heavy atom. The predicted molar refractivity (Wildman–Crippen MR) is 77.7 cm³/mol. The number of rotatable bonds is 4. The second-order valence-electron chi connectivity index (χ2n) is 5.05. The van der Waals surface area contributed by atoms with Crippen LogP contribution in [-0.2, 0) is 4.74 Å². The number of aliphatic hydroxyl groups is 1. The molecular formula is C17H18O3. The van der Waals surface area contributed by atoms with Crippen LogP contribution >= 0.6 is 0 Å². The molecule has 0 aromatic heterocycles. The summed E-state index contributed by atoms with van der Waals surface area (Å²) in [5.41, 5.74) is 2.35. The molecule has 1 saturated carbocycles. The van der Waals surface area contributed by atoms with Gasteiger partial charge in [-0.3, -0.25) is 0 Å². The molecule has 3 atom stereocenters. The Kier molecular flexibility index (Phi) is 3.72. The monoisotopic (exact) mass is 270 g/mol. The quantitative estimate of drug-likeness (QED) is 0.928. The fraction of sp³-hybridized carbons (Fsp3) is 0.294. The third-order valence-electron chi connectivity index (χ3n) is 3.74. The average Bonchev–Trinajstić information content (AvgIpc) is 2.49. The van der Waals surface area contributed by atoms with Gasteiger partial charge in [-0.2, -0.15) is 0 Å². The lowest BCUT2D eigenvalue weighted by Gasteiger charge is -2.39. The molecule has 0 heterocycles. The summed E-state index contributed by atoms with van der Waals surface area (Å²) in [5, 5.41) is 9.54. The van der Waals surface area contributed by atoms with Gasteiger partial charge in [0.15, 0.2) is 0 Å². The van der Waals surface area contributed by atoms with Crippen LogP contribution in [0, 0.1) is 0 Å². The highest BCUT2D eigenvalue weighted by atomic mass is 16.6. The van der Waals surface area contributed by atoms with Gasteiger partial charge < -0.3 is 14.6 Å². The highest BCUT2D eigenvalue weighted by molar-refractivity contribution is 5.63. The first-order valence-electron chi connectivity index (χ1n) is 6.81. The van der Waals surface area contributed by atoms with E-state index in [1.807, 2.05) is 42.5 Å². The summed E-state index contributed by atoms with van der Waals surface area (Å²) in [6.45, 7) is 0. The van der Waals surface area contributed by atoms with E-state index in [9.17, 15) is 5.11 Å². The second kappa shape index (κ2) is 5.65. The van der Waals surface area contributed by atoms with Crippen molar-refractivity contribution in [2.45, 2.75) is 24.7 Å². The maximum atomic E-state index is 9.54. The topological polar surface area (TPSA) is 38.7 Å². The minimum absolute atomic E-state index is 0.0578. The van der Waals surface area contributed by atoms with Gasteiger partial charge in [-0.15, -0.1) is 0 Å². The number of aliphatic hydroxyl groups excluding tert-OH is 1. The number of hydrogen-bond donors (Lipinski definition) is 1. The summed E-state index contributed by atoms with van der Waals surface area (Å²) >= 11 is 0. The van der Waals surface area contributed by atoms with Gasteiger partial charge in [0.2, 0.25) is 0 Å². The zero-order chi connectivity index (χ0) is 13.9. The molecule has 104 valence electrons. The highest BCUT2D eigenvalue weighted by Gasteiger charge is 2.42. The summed E-state index contributed by atoms with van der Waals surface area (Å²) in [6.07, 6.45) is -0.0613. The maximum Gasteiger partial charge on any atom is 0.130 e. The smallest absolute Gasteiger partial charge is 0.130 e. The first-order chi connectivity index (χ1) is 9.78. The minimum atomic E-state index is -0.409. The number of methoxy groups -OCH3 is 1. The molecule has 1 fully saturated rings. The Morgan fingerprint density at radius 2 is 1.60 bits per heavy atom. The van der Waals surface area contributed by atoms with Gasteiger partial charge in [-0.05, 0) is 23.3 Å². The molecule has 3 heteroatoms. The van der Waals surface area contributed by atoms with Crippen molar-refractivity contribution in [2.24, 2.45) is 0 Å². The first kappa shape index (κ1) is 13.2. The molecule has 2 aromatic carbocycles. The van der Waals surface area contributed by atoms with Gasteiger partial charge in [0, 0.05) is 13.5 Å². The molecule has 3 nitrogen and oxygen atoms in total. The molecule has 0 amide bonds. The molecule has 3 rings (SSSR count). The molecule has 0 bridgehead atoms. The average molecular weight is 270 g/mol. The Bertz CT molecular complexity index is 550. The van der Waals surface area contributed by atoms with Crippen molar-refractivity contribution in [3.63, 3.8) is 0 Å². The maximum absolute atomic E-state index is 9.54. The second-order valence-corrected chi connectivity index (χ2v) is 5.05. The third kappa shape index (κ3) is 2.55. The van der Waals surface area contributed by atoms with Gasteiger partial charge in [0.1, 0.15) is 18.0 Å². The number of benzene rings is 2. The molecule has 0 radical (unpaired) electrons. The van der Waals surface area contributed by atoms with Crippen molar-refractivity contribution in [1.29, 1.82) is 0 Å². The standard InChI is InChI=1S/C17H18O3/c1-19-17-15(18)11-16(17)20-14-9-7-13(8-10-14)12-5-3-2-4-6-12/h2-10,15-18H,11H2,1H3. The summed E-state index contributed by atoms with van der Waals surface area (Å²) in [7, 11) is 1.60. The van der Waals surface area contributed by atoms with Gasteiger partial charge in [0.05, 0.1) is 6.10 Å². The molecule has 0 spiro atoms. The van der Waals surface area contributed by atoms with Crippen molar-refractivity contribution in [1.82, 2.24) is 0 Å². The molecule has 3 unspecified atom stereocenters. The van der Waals surface area contributed by atoms with Crippen molar-refractivity contribution in [3.8, 4) is 16.9 Å². The normalized spacial score (nSPS) is 25.0. The van der Waals surface area contributed by atoms with Gasteiger partial charge in [-0.1, -0.05) is 42.5 Å². The fourth-order valence-electron chi connectivity index (χ4n) is 2.51. The van der Waals surface area contributed by atoms with Crippen LogP contribution in [0.5, 0.6) is 5.75 Å². The van der Waals surface area contributed by atoms with Crippen LogP contribution in [0.25, 0.3) is 11.1 Å². The van der Waals surface area contributed by atoms with E-state index in [1.165, 1.54) is 5.56 Å². The summed E-state index contributed by atoms with van der Waals surface area (Å²) in [5.74, 6) is 0.809. The van der Waals surface area contributed by atoms with E-state index in [-0.39, 0.29) is 12.2 Å². The lowest BCUT2D eigenvalue weighted by atomic mass is 9.88. The predicted octanol–water partition coefficient (Wildman–Crippen LogP) is 2.88. The zero-order valence-corrected chi connectivity index (χ0v) is 11.4. The van der Waals surface area contributed by atoms with Crippen LogP contribution in [0.15, 0.2) is 54.6 Å². The van der Waals surface area contributed by atoms with Gasteiger partial charge in [-0.25, -0.2) is 0 Å². The number of hydrogen-bond acceptors (Lipinski definition) is 3. The largest absolute Gasteiger partial charge is 0.488 e. The Morgan fingerprint density at radius 3 is 2.20 bits per heavy atom. The lowest BCUT2D eigenvalue weighted by Crippen LogP contribution is -2.54. The van der Waals surface area contributed by atoms with E-state index < -0.39 is 6.10 Å². The molecule has 1 aliphatic rings. The summed E-state index contributed by atoms with van der Waals surface area (Å²) in [6, 6.07) is 18.2. The summed E-state index contributed by atoms with van der Waals surface area (Å²) in [4.78, 5) is 0. The van der Waals surface area contributed by atoms with E-state index in [4.69, 9.17) is 9.47 Å². The minimum Gasteiger partial charge on any atom is -0.488 e. The van der Waals surface area contributed by atoms with E-state index in [2.05, 4.69) is 12.1 Å². The van der Waals surface area contributed by atoms with E-state index in [1.54, 1.807) is 7.11 Å². The number of ether oxygens (including phenoxy) is 2. The molecule has 2 aromatic rings. The van der Waals surface area contributed by atoms with Crippen molar-refractivity contribution < 1.29 is 14.6 Å². The fourth-order valence-corrected chi connectivity index (χ4v) is 2.51. The first-order valence-corrected chi connectivity index (χ1v) is 6.81. The SMILES string of the molecule is COC1C(O)CC1Oc1ccc(-c2ccccc2)cc1. The molecular weight excluding hydrogens is 252 g/mol. The van der Waals surface area contributed by atoms with Crippen LogP contribution in [-0.4, -0.2) is 30.5 Å². The third-order valence-corrected chi connectivity index (χ3v) is 3.74. The van der Waals surface area contributed by atoms with E-state index in [0.717, 1.165) is 11.3 Å². The van der Waals surface area contributed by atoms with Gasteiger partial charge in [0.25, 0.3) is 0 Å². The summed E-state index contributed by atoms with van der Waals surface area (Å²) < 4.78 is 11.0. The van der Waals surface area contributed by atoms with Crippen molar-refractivity contribution >= 4 is 0 Å². The Labute approximate surface area is 118 Å². The molecule has 1 aliphatic carbocycles. The van der Waals surface area contributed by atoms with Crippen molar-refractivity contribution in [2.75, 3.05) is 7.11 Å². The van der Waals surface area contributed by atoms with E-state index >= 15 is 0 Å². The Hall–Kier alpha value is -1.84. The lowest BCUT2D eigenvalue weighted by molar-refractivity contribution is -0.149. The van der Waals surface area contributed by atoms with Crippen molar-refractivity contribution in [3.05, 3.63) is 54.6 Å². The van der Waals surface area contributed by atoms with Gasteiger partial charge >= 0.3 is 0 Å². The van der Waals surface area contributed by atoms with Crippen LogP contribution in [0.4, 0.5) is 0 Å². The van der Waals surface area contributed by atoms with Crippen LogP contribution < -0.4 is 4.74 Å². The molecule has 0 aliphatic heterocycles. The van der Waals surface area contributed by atoms with Crippen LogP contribution in [0.1, 0.15) is 6.42 Å². The highest BCUT2D eigenvalue weighted by Crippen LogP contribution is 2.29. The zero-order valence-electron chi connectivity index (χ0n) is 11.4. The molecule has 20 heavy (non-hydrogen) atoms. The van der Waals surface area contributed by atoms with Crippen LogP contribution in [0.2, 0.25) is 0 Å². The van der Waals surface area contributed by atoms with E-state index in [0.29, 0.717) is 6.42 Å². The Balaban J connectivity index is 1.68. The molecule has 0 saturated heterocycles. The van der Waals surface area contributed by atoms with Crippen LogP contribution in [0.3, 0.4) is 0 Å². The molecule has 1 N–H and O–H groups in total.